The molecule has 1 aromatic carbocycles. The van der Waals surface area contributed by atoms with Crippen LogP contribution in [0.3, 0.4) is 0 Å². The maximum Gasteiger partial charge on any atom is 0.334 e. The lowest BCUT2D eigenvalue weighted by atomic mass is 9.66. The molecular weight excluding hydrogens is 328 g/mol. The Morgan fingerprint density at radius 3 is 2.81 bits per heavy atom. The third-order valence-corrected chi connectivity index (χ3v) is 6.28. The Balaban J connectivity index is 1.93. The van der Waals surface area contributed by atoms with E-state index in [1.807, 2.05) is 32.0 Å². The second-order valence-corrected chi connectivity index (χ2v) is 8.54. The summed E-state index contributed by atoms with van der Waals surface area (Å²) in [5.41, 5.74) is 2.17. The highest BCUT2D eigenvalue weighted by Crippen LogP contribution is 2.60. The molecular formula is C22H28O4. The van der Waals surface area contributed by atoms with Crippen molar-refractivity contribution in [1.82, 2.24) is 0 Å². The molecule has 4 heteroatoms. The van der Waals surface area contributed by atoms with Crippen LogP contribution in [-0.2, 0) is 19.9 Å². The van der Waals surface area contributed by atoms with Gasteiger partial charge in [0.25, 0.3) is 0 Å². The number of ether oxygens (including phenoxy) is 2. The summed E-state index contributed by atoms with van der Waals surface area (Å²) in [6, 6.07) is 8.01. The van der Waals surface area contributed by atoms with Gasteiger partial charge in [0.05, 0.1) is 18.3 Å². The number of hydrogen-bond acceptors (Lipinski definition) is 4. The zero-order valence-electron chi connectivity index (χ0n) is 16.0. The molecule has 0 radical (unpaired) electrons. The monoisotopic (exact) mass is 356 g/mol. The Hall–Kier alpha value is -1.65. The molecule has 0 amide bonds. The van der Waals surface area contributed by atoms with E-state index in [2.05, 4.69) is 19.9 Å². The van der Waals surface area contributed by atoms with Gasteiger partial charge in [-0.15, -0.1) is 0 Å². The molecule has 1 aliphatic heterocycles. The molecule has 1 aromatic rings. The largest absolute Gasteiger partial charge is 0.463 e. The van der Waals surface area contributed by atoms with Gasteiger partial charge in [-0.25, -0.2) is 4.79 Å². The molecule has 1 fully saturated rings. The predicted octanol–water partition coefficient (Wildman–Crippen LogP) is 4.03. The minimum atomic E-state index is -1.09. The van der Waals surface area contributed by atoms with Gasteiger partial charge in [0.15, 0.2) is 0 Å². The van der Waals surface area contributed by atoms with Gasteiger partial charge in [0.1, 0.15) is 5.60 Å². The van der Waals surface area contributed by atoms with Crippen LogP contribution in [-0.4, -0.2) is 23.3 Å². The Labute approximate surface area is 155 Å². The molecule has 26 heavy (non-hydrogen) atoms. The van der Waals surface area contributed by atoms with Crippen molar-refractivity contribution >= 4 is 5.97 Å². The van der Waals surface area contributed by atoms with E-state index in [9.17, 15) is 9.90 Å². The quantitative estimate of drug-likeness (QED) is 0.813. The molecule has 140 valence electrons. The topological polar surface area (TPSA) is 55.8 Å². The standard InChI is InChI=1S/C22H28O4/c1-5-25-20(23)17-13(2)12-22(24)16-9-7-6-8-14(16)19-15(18(17)22)10-11-21(3,4)26-19/h6-9,13,15,19,24H,5,10-12H2,1-4H3. The average Bonchev–Trinajstić information content (AvgIpc) is 2.86. The van der Waals surface area contributed by atoms with Crippen molar-refractivity contribution in [3.8, 4) is 0 Å². The van der Waals surface area contributed by atoms with Gasteiger partial charge in [0, 0.05) is 11.5 Å². The highest BCUT2D eigenvalue weighted by molar-refractivity contribution is 5.91. The first kappa shape index (κ1) is 17.7. The van der Waals surface area contributed by atoms with Crippen LogP contribution in [0.2, 0.25) is 0 Å². The number of esters is 1. The first-order valence-electron chi connectivity index (χ1n) is 9.70. The Bertz CT molecular complexity index is 778. The molecule has 4 unspecified atom stereocenters. The SMILES string of the molecule is CCOC(=O)C1=C2C3CCC(C)(C)OC3c3ccccc3C2(O)CC1C. The number of carbonyl (C=O) groups excluding carboxylic acids is 1. The molecule has 4 nitrogen and oxygen atoms in total. The van der Waals surface area contributed by atoms with E-state index in [-0.39, 0.29) is 29.5 Å². The van der Waals surface area contributed by atoms with Crippen molar-refractivity contribution in [3.63, 3.8) is 0 Å². The average molecular weight is 356 g/mol. The minimum Gasteiger partial charge on any atom is -0.463 e. The number of hydrogen-bond donors (Lipinski definition) is 1. The molecule has 0 spiro atoms. The first-order chi connectivity index (χ1) is 12.3. The summed E-state index contributed by atoms with van der Waals surface area (Å²) in [5.74, 6) is -0.294. The fraction of sp³-hybridized carbons (Fsp3) is 0.591. The summed E-state index contributed by atoms with van der Waals surface area (Å²) in [6.45, 7) is 8.41. The fourth-order valence-electron chi connectivity index (χ4n) is 5.26. The number of carbonyl (C=O) groups is 1. The van der Waals surface area contributed by atoms with Gasteiger partial charge in [0.2, 0.25) is 0 Å². The van der Waals surface area contributed by atoms with Gasteiger partial charge in [-0.1, -0.05) is 31.2 Å². The van der Waals surface area contributed by atoms with Crippen molar-refractivity contribution in [2.45, 2.75) is 64.3 Å². The zero-order chi connectivity index (χ0) is 18.7. The summed E-state index contributed by atoms with van der Waals surface area (Å²) in [6.07, 6.45) is 2.21. The van der Waals surface area contributed by atoms with Gasteiger partial charge >= 0.3 is 5.97 Å². The van der Waals surface area contributed by atoms with E-state index in [0.29, 0.717) is 18.6 Å². The van der Waals surface area contributed by atoms with E-state index in [4.69, 9.17) is 9.47 Å². The van der Waals surface area contributed by atoms with Crippen LogP contribution in [0.5, 0.6) is 0 Å². The minimum absolute atomic E-state index is 0.0206. The van der Waals surface area contributed by atoms with E-state index in [1.165, 1.54) is 0 Å². The van der Waals surface area contributed by atoms with Crippen molar-refractivity contribution in [2.75, 3.05) is 6.61 Å². The number of rotatable bonds is 2. The highest BCUT2D eigenvalue weighted by atomic mass is 16.5. The second kappa shape index (κ2) is 5.93. The summed E-state index contributed by atoms with van der Waals surface area (Å²) in [5, 5.41) is 11.8. The van der Waals surface area contributed by atoms with Gasteiger partial charge in [-0.05, 0) is 62.7 Å². The lowest BCUT2D eigenvalue weighted by Gasteiger charge is -2.49. The molecule has 4 atom stereocenters. The van der Waals surface area contributed by atoms with Crippen LogP contribution in [0.25, 0.3) is 0 Å². The third-order valence-electron chi connectivity index (χ3n) is 6.28. The number of benzene rings is 1. The van der Waals surface area contributed by atoms with Crippen molar-refractivity contribution in [1.29, 1.82) is 0 Å². The lowest BCUT2D eigenvalue weighted by molar-refractivity contribution is -0.144. The highest BCUT2D eigenvalue weighted by Gasteiger charge is 2.57. The molecule has 1 heterocycles. The van der Waals surface area contributed by atoms with Gasteiger partial charge < -0.3 is 14.6 Å². The number of aliphatic hydroxyl groups is 1. The van der Waals surface area contributed by atoms with E-state index in [0.717, 1.165) is 29.5 Å². The summed E-state index contributed by atoms with van der Waals surface area (Å²) >= 11 is 0. The molecule has 0 bridgehead atoms. The van der Waals surface area contributed by atoms with Crippen molar-refractivity contribution < 1.29 is 19.4 Å². The maximum atomic E-state index is 12.7. The van der Waals surface area contributed by atoms with Crippen LogP contribution in [0.15, 0.2) is 35.4 Å². The summed E-state index contributed by atoms with van der Waals surface area (Å²) in [7, 11) is 0. The third kappa shape index (κ3) is 2.46. The van der Waals surface area contributed by atoms with Crippen LogP contribution in [0.1, 0.15) is 64.2 Å². The first-order valence-corrected chi connectivity index (χ1v) is 9.70. The summed E-state index contributed by atoms with van der Waals surface area (Å²) < 4.78 is 11.8. The molecule has 2 aliphatic carbocycles. The van der Waals surface area contributed by atoms with E-state index < -0.39 is 5.60 Å². The van der Waals surface area contributed by atoms with Crippen LogP contribution in [0, 0.1) is 11.8 Å². The van der Waals surface area contributed by atoms with Gasteiger partial charge in [-0.3, -0.25) is 0 Å². The molecule has 3 aliphatic rings. The van der Waals surface area contributed by atoms with Crippen molar-refractivity contribution in [2.24, 2.45) is 11.8 Å². The zero-order valence-corrected chi connectivity index (χ0v) is 16.0. The fourth-order valence-corrected chi connectivity index (χ4v) is 5.26. The molecule has 4 rings (SSSR count). The smallest absolute Gasteiger partial charge is 0.334 e. The molecule has 0 saturated carbocycles. The summed E-state index contributed by atoms with van der Waals surface area (Å²) in [4.78, 5) is 12.7. The Morgan fingerprint density at radius 1 is 1.35 bits per heavy atom. The molecule has 1 saturated heterocycles. The van der Waals surface area contributed by atoms with E-state index in [1.54, 1.807) is 0 Å². The predicted molar refractivity (Wildman–Crippen MR) is 98.4 cm³/mol. The maximum absolute atomic E-state index is 12.7. The second-order valence-electron chi connectivity index (χ2n) is 8.54. The van der Waals surface area contributed by atoms with Gasteiger partial charge in [-0.2, -0.15) is 0 Å². The van der Waals surface area contributed by atoms with Crippen LogP contribution >= 0.6 is 0 Å². The molecule has 1 N–H and O–H groups in total. The molecule has 0 aromatic heterocycles. The van der Waals surface area contributed by atoms with Crippen molar-refractivity contribution in [3.05, 3.63) is 46.5 Å². The van der Waals surface area contributed by atoms with Crippen LogP contribution in [0.4, 0.5) is 0 Å². The Kier molecular flexibility index (Phi) is 4.05. The number of fused-ring (bicyclic) bond motifs is 6. The van der Waals surface area contributed by atoms with E-state index >= 15 is 0 Å². The lowest BCUT2D eigenvalue weighted by Crippen LogP contribution is -2.45. The normalized spacial score (nSPS) is 34.7. The Morgan fingerprint density at radius 2 is 2.08 bits per heavy atom. The van der Waals surface area contributed by atoms with Crippen LogP contribution < -0.4 is 0 Å².